The van der Waals surface area contributed by atoms with Gasteiger partial charge in [0, 0.05) is 10.6 Å². The SMILES string of the molecule is O=C(Nc1ccccc1OC(F)(F)F)c1ccc(Cl)cc1. The van der Waals surface area contributed by atoms with E-state index in [1.54, 1.807) is 0 Å². The third-order valence-corrected chi connectivity index (χ3v) is 2.72. The summed E-state index contributed by atoms with van der Waals surface area (Å²) in [5.74, 6) is -1.04. The van der Waals surface area contributed by atoms with Crippen molar-refractivity contribution in [1.29, 1.82) is 0 Å². The smallest absolute Gasteiger partial charge is 0.404 e. The van der Waals surface area contributed by atoms with Gasteiger partial charge < -0.3 is 10.1 Å². The Hall–Kier alpha value is -2.21. The van der Waals surface area contributed by atoms with E-state index in [4.69, 9.17) is 11.6 Å². The maximum Gasteiger partial charge on any atom is 0.573 e. The van der Waals surface area contributed by atoms with E-state index in [0.717, 1.165) is 6.07 Å². The highest BCUT2D eigenvalue weighted by atomic mass is 35.5. The second kappa shape index (κ2) is 6.05. The molecular formula is C14H9ClF3NO2. The highest BCUT2D eigenvalue weighted by Crippen LogP contribution is 2.30. The van der Waals surface area contributed by atoms with Gasteiger partial charge in [0.1, 0.15) is 0 Å². The van der Waals surface area contributed by atoms with Crippen LogP contribution in [-0.2, 0) is 0 Å². The largest absolute Gasteiger partial charge is 0.573 e. The lowest BCUT2D eigenvalue weighted by atomic mass is 10.2. The molecule has 0 aliphatic carbocycles. The maximum atomic E-state index is 12.3. The minimum atomic E-state index is -4.83. The molecule has 21 heavy (non-hydrogen) atoms. The molecule has 110 valence electrons. The molecule has 2 aromatic carbocycles. The third-order valence-electron chi connectivity index (χ3n) is 2.47. The maximum absolute atomic E-state index is 12.3. The van der Waals surface area contributed by atoms with Gasteiger partial charge in [0.15, 0.2) is 5.75 Å². The zero-order valence-electron chi connectivity index (χ0n) is 10.4. The molecule has 0 aliphatic heterocycles. The van der Waals surface area contributed by atoms with Crippen LogP contribution in [0.4, 0.5) is 18.9 Å². The number of benzene rings is 2. The van der Waals surface area contributed by atoms with Crippen LogP contribution >= 0.6 is 11.6 Å². The van der Waals surface area contributed by atoms with Crippen molar-refractivity contribution in [1.82, 2.24) is 0 Å². The Morgan fingerprint density at radius 1 is 1.05 bits per heavy atom. The Morgan fingerprint density at radius 3 is 2.29 bits per heavy atom. The molecule has 2 rings (SSSR count). The number of para-hydroxylation sites is 2. The summed E-state index contributed by atoms with van der Waals surface area (Å²) in [4.78, 5) is 12.0. The number of ether oxygens (including phenoxy) is 1. The number of carbonyl (C=O) groups is 1. The molecule has 0 unspecified atom stereocenters. The van der Waals surface area contributed by atoms with E-state index >= 15 is 0 Å². The van der Waals surface area contributed by atoms with Crippen molar-refractivity contribution < 1.29 is 22.7 Å². The standard InChI is InChI=1S/C14H9ClF3NO2/c15-10-7-5-9(6-8-10)13(20)19-11-3-1-2-4-12(11)21-14(16,17)18/h1-8H,(H,19,20). The van der Waals surface area contributed by atoms with Gasteiger partial charge >= 0.3 is 6.36 Å². The van der Waals surface area contributed by atoms with Crippen molar-refractivity contribution in [3.8, 4) is 5.75 Å². The van der Waals surface area contributed by atoms with Gasteiger partial charge in [-0.25, -0.2) is 0 Å². The molecule has 0 atom stereocenters. The summed E-state index contributed by atoms with van der Waals surface area (Å²) in [5.41, 5.74) is 0.191. The summed E-state index contributed by atoms with van der Waals surface area (Å²) in [6.45, 7) is 0. The van der Waals surface area contributed by atoms with Crippen LogP contribution in [0.25, 0.3) is 0 Å². The summed E-state index contributed by atoms with van der Waals surface area (Å²) >= 11 is 5.70. The number of hydrogen-bond donors (Lipinski definition) is 1. The number of halogens is 4. The first kappa shape index (κ1) is 15.2. The summed E-state index contributed by atoms with van der Waals surface area (Å²) < 4.78 is 40.7. The zero-order valence-corrected chi connectivity index (χ0v) is 11.2. The molecule has 0 saturated heterocycles. The van der Waals surface area contributed by atoms with Gasteiger partial charge in [-0.2, -0.15) is 0 Å². The first-order valence-electron chi connectivity index (χ1n) is 5.77. The van der Waals surface area contributed by atoms with Crippen LogP contribution in [0.15, 0.2) is 48.5 Å². The minimum Gasteiger partial charge on any atom is -0.404 e. The minimum absolute atomic E-state index is 0.0743. The van der Waals surface area contributed by atoms with Crippen molar-refractivity contribution in [3.05, 3.63) is 59.1 Å². The van der Waals surface area contributed by atoms with E-state index in [0.29, 0.717) is 5.02 Å². The molecule has 0 heterocycles. The third kappa shape index (κ3) is 4.39. The number of nitrogens with one attached hydrogen (secondary N) is 1. The molecule has 0 spiro atoms. The molecular weight excluding hydrogens is 307 g/mol. The van der Waals surface area contributed by atoms with Crippen LogP contribution in [0.3, 0.4) is 0 Å². The predicted octanol–water partition coefficient (Wildman–Crippen LogP) is 4.49. The van der Waals surface area contributed by atoms with Crippen LogP contribution < -0.4 is 10.1 Å². The second-order valence-corrected chi connectivity index (χ2v) is 4.44. The second-order valence-electron chi connectivity index (χ2n) is 4.00. The van der Waals surface area contributed by atoms with Crippen molar-refractivity contribution in [2.75, 3.05) is 5.32 Å². The summed E-state index contributed by atoms with van der Waals surface area (Å²) in [6, 6.07) is 11.2. The fourth-order valence-electron chi connectivity index (χ4n) is 1.58. The van der Waals surface area contributed by atoms with Gasteiger partial charge in [-0.3, -0.25) is 4.79 Å². The highest BCUT2D eigenvalue weighted by Gasteiger charge is 2.32. The number of anilines is 1. The van der Waals surface area contributed by atoms with Crippen molar-refractivity contribution in [2.24, 2.45) is 0 Å². The Bertz CT molecular complexity index is 641. The Balaban J connectivity index is 2.19. The molecule has 0 radical (unpaired) electrons. The Labute approximate surface area is 123 Å². The average molecular weight is 316 g/mol. The van der Waals surface area contributed by atoms with E-state index < -0.39 is 18.0 Å². The average Bonchev–Trinajstić information content (AvgIpc) is 2.40. The van der Waals surface area contributed by atoms with E-state index in [2.05, 4.69) is 10.1 Å². The molecule has 1 amide bonds. The zero-order chi connectivity index (χ0) is 15.5. The molecule has 2 aromatic rings. The summed E-state index contributed by atoms with van der Waals surface area (Å²) in [5, 5.41) is 2.81. The fraction of sp³-hybridized carbons (Fsp3) is 0.0714. The van der Waals surface area contributed by atoms with Crippen LogP contribution in [0.2, 0.25) is 5.02 Å². The number of hydrogen-bond acceptors (Lipinski definition) is 2. The first-order chi connectivity index (χ1) is 9.85. The number of rotatable bonds is 3. The van der Waals surface area contributed by atoms with E-state index in [1.165, 1.54) is 42.5 Å². The van der Waals surface area contributed by atoms with Crippen LogP contribution in [0.5, 0.6) is 5.75 Å². The number of alkyl halides is 3. The lowest BCUT2D eigenvalue weighted by Crippen LogP contribution is -2.19. The topological polar surface area (TPSA) is 38.3 Å². The predicted molar refractivity (Wildman–Crippen MR) is 72.5 cm³/mol. The van der Waals surface area contributed by atoms with E-state index in [1.807, 2.05) is 0 Å². The summed E-state index contributed by atoms with van der Waals surface area (Å²) in [6.07, 6.45) is -4.83. The molecule has 0 saturated carbocycles. The van der Waals surface area contributed by atoms with Crippen LogP contribution in [0.1, 0.15) is 10.4 Å². The van der Waals surface area contributed by atoms with E-state index in [-0.39, 0.29) is 11.3 Å². The van der Waals surface area contributed by atoms with Gasteiger partial charge in [0.25, 0.3) is 5.91 Å². The Morgan fingerprint density at radius 2 is 1.67 bits per heavy atom. The molecule has 0 aromatic heterocycles. The summed E-state index contributed by atoms with van der Waals surface area (Å²) in [7, 11) is 0. The van der Waals surface area contributed by atoms with Crippen molar-refractivity contribution >= 4 is 23.2 Å². The Kier molecular flexibility index (Phi) is 4.37. The fourth-order valence-corrected chi connectivity index (χ4v) is 1.71. The number of amides is 1. The lowest BCUT2D eigenvalue weighted by Gasteiger charge is -2.13. The quantitative estimate of drug-likeness (QED) is 0.906. The van der Waals surface area contributed by atoms with Gasteiger partial charge in [0.2, 0.25) is 0 Å². The van der Waals surface area contributed by atoms with Gasteiger partial charge in [-0.1, -0.05) is 23.7 Å². The van der Waals surface area contributed by atoms with Gasteiger partial charge in [-0.15, -0.1) is 13.2 Å². The molecule has 0 aliphatic rings. The molecule has 1 N–H and O–H groups in total. The van der Waals surface area contributed by atoms with Crippen molar-refractivity contribution in [3.63, 3.8) is 0 Å². The van der Waals surface area contributed by atoms with Crippen molar-refractivity contribution in [2.45, 2.75) is 6.36 Å². The van der Waals surface area contributed by atoms with E-state index in [9.17, 15) is 18.0 Å². The molecule has 3 nitrogen and oxygen atoms in total. The normalized spacial score (nSPS) is 11.0. The van der Waals surface area contributed by atoms with Crippen LogP contribution in [-0.4, -0.2) is 12.3 Å². The first-order valence-corrected chi connectivity index (χ1v) is 6.14. The molecule has 7 heteroatoms. The number of carbonyl (C=O) groups excluding carboxylic acids is 1. The van der Waals surface area contributed by atoms with Gasteiger partial charge in [0.05, 0.1) is 5.69 Å². The monoisotopic (exact) mass is 315 g/mol. The lowest BCUT2D eigenvalue weighted by molar-refractivity contribution is -0.274. The molecule has 0 fully saturated rings. The highest BCUT2D eigenvalue weighted by molar-refractivity contribution is 6.30. The van der Waals surface area contributed by atoms with Crippen LogP contribution in [0, 0.1) is 0 Å². The van der Waals surface area contributed by atoms with Gasteiger partial charge in [-0.05, 0) is 36.4 Å². The molecule has 0 bridgehead atoms.